The fourth-order valence-corrected chi connectivity index (χ4v) is 3.76. The highest BCUT2D eigenvalue weighted by Crippen LogP contribution is 2.30. The fourth-order valence-electron chi connectivity index (χ4n) is 2.66. The van der Waals surface area contributed by atoms with Gasteiger partial charge in [0.15, 0.2) is 10.2 Å². The zero-order valence-electron chi connectivity index (χ0n) is 15.9. The van der Waals surface area contributed by atoms with Crippen molar-refractivity contribution >= 4 is 39.7 Å². The van der Waals surface area contributed by atoms with Gasteiger partial charge in [-0.05, 0) is 55.4 Å². The zero-order valence-corrected chi connectivity index (χ0v) is 17.5. The molecule has 3 rings (SSSR count). The summed E-state index contributed by atoms with van der Waals surface area (Å²) in [6.07, 6.45) is 1.01. The summed E-state index contributed by atoms with van der Waals surface area (Å²) < 4.78 is 5.10. The van der Waals surface area contributed by atoms with Gasteiger partial charge in [0.2, 0.25) is 0 Å². The monoisotopic (exact) mass is 411 g/mol. The van der Waals surface area contributed by atoms with Crippen LogP contribution in [-0.2, 0) is 6.42 Å². The molecule has 0 saturated heterocycles. The maximum atomic E-state index is 12.3. The van der Waals surface area contributed by atoms with Crippen LogP contribution in [0.2, 0.25) is 0 Å². The first-order valence-corrected chi connectivity index (χ1v) is 10.1. The first kappa shape index (κ1) is 20.0. The van der Waals surface area contributed by atoms with Crippen LogP contribution in [0.3, 0.4) is 0 Å². The van der Waals surface area contributed by atoms with Crippen molar-refractivity contribution in [3.63, 3.8) is 0 Å². The van der Waals surface area contributed by atoms with E-state index in [2.05, 4.69) is 46.8 Å². The van der Waals surface area contributed by atoms with Crippen molar-refractivity contribution in [3.8, 4) is 17.0 Å². The van der Waals surface area contributed by atoms with E-state index in [0.29, 0.717) is 16.4 Å². The van der Waals surface area contributed by atoms with E-state index in [0.717, 1.165) is 22.6 Å². The predicted molar refractivity (Wildman–Crippen MR) is 118 cm³/mol. The van der Waals surface area contributed by atoms with Gasteiger partial charge in [0.25, 0.3) is 5.91 Å². The van der Waals surface area contributed by atoms with E-state index >= 15 is 0 Å². The molecule has 2 aromatic carbocycles. The predicted octanol–water partition coefficient (Wildman–Crippen LogP) is 4.82. The van der Waals surface area contributed by atoms with Gasteiger partial charge in [0.05, 0.1) is 12.8 Å². The maximum Gasteiger partial charge on any atom is 0.257 e. The Bertz CT molecular complexity index is 980. The average Bonchev–Trinajstić information content (AvgIpc) is 3.07. The Labute approximate surface area is 173 Å². The molecular weight excluding hydrogens is 390 g/mol. The lowest BCUT2D eigenvalue weighted by Crippen LogP contribution is -2.34. The molecular formula is C21H21N3O2S2. The number of hydrogen-bond donors (Lipinski definition) is 2. The summed E-state index contributed by atoms with van der Waals surface area (Å²) in [5, 5.41) is 6.53. The molecule has 0 aliphatic heterocycles. The molecule has 1 amide bonds. The molecule has 0 fully saturated rings. The van der Waals surface area contributed by atoms with E-state index in [1.807, 2.05) is 6.92 Å². The second-order valence-electron chi connectivity index (χ2n) is 6.11. The van der Waals surface area contributed by atoms with Crippen molar-refractivity contribution in [1.29, 1.82) is 0 Å². The molecule has 3 aromatic rings. The van der Waals surface area contributed by atoms with Crippen LogP contribution in [-0.4, -0.2) is 23.1 Å². The number of carbonyl (C=O) groups excluding carboxylic acids is 1. The molecule has 1 aromatic heterocycles. The van der Waals surface area contributed by atoms with Gasteiger partial charge in [-0.3, -0.25) is 10.1 Å². The summed E-state index contributed by atoms with van der Waals surface area (Å²) in [4.78, 5) is 18.0. The van der Waals surface area contributed by atoms with Crippen LogP contribution in [0.25, 0.3) is 11.3 Å². The first-order chi connectivity index (χ1) is 13.5. The molecule has 0 atom stereocenters. The van der Waals surface area contributed by atoms with Gasteiger partial charge in [-0.25, -0.2) is 4.98 Å². The molecule has 7 heteroatoms. The first-order valence-electron chi connectivity index (χ1n) is 8.83. The SMILES string of the molecule is CCc1ccc(-c2nc(NC(=S)NC(=O)c3ccc(OC)cc3)sc2C)cc1. The number of nitrogens with one attached hydrogen (secondary N) is 2. The Morgan fingerprint density at radius 3 is 2.43 bits per heavy atom. The van der Waals surface area contributed by atoms with Gasteiger partial charge >= 0.3 is 0 Å². The number of benzene rings is 2. The fraction of sp³-hybridized carbons (Fsp3) is 0.190. The lowest BCUT2D eigenvalue weighted by Gasteiger charge is -2.07. The highest BCUT2D eigenvalue weighted by atomic mass is 32.1. The minimum atomic E-state index is -0.288. The van der Waals surface area contributed by atoms with Crippen molar-refractivity contribution < 1.29 is 9.53 Å². The van der Waals surface area contributed by atoms with Crippen molar-refractivity contribution in [1.82, 2.24) is 10.3 Å². The number of rotatable bonds is 5. The van der Waals surface area contributed by atoms with E-state index in [-0.39, 0.29) is 11.0 Å². The van der Waals surface area contributed by atoms with Gasteiger partial charge in [-0.1, -0.05) is 31.2 Å². The van der Waals surface area contributed by atoms with Crippen LogP contribution in [0.5, 0.6) is 5.75 Å². The quantitative estimate of drug-likeness (QED) is 0.590. The Morgan fingerprint density at radius 2 is 1.82 bits per heavy atom. The van der Waals surface area contributed by atoms with Crippen LogP contribution < -0.4 is 15.4 Å². The number of carbonyl (C=O) groups is 1. The van der Waals surface area contributed by atoms with Gasteiger partial charge in [-0.15, -0.1) is 11.3 Å². The number of methoxy groups -OCH3 is 1. The van der Waals surface area contributed by atoms with Gasteiger partial charge < -0.3 is 10.1 Å². The third-order valence-electron chi connectivity index (χ3n) is 4.23. The Hall–Kier alpha value is -2.77. The second-order valence-corrected chi connectivity index (χ2v) is 7.72. The van der Waals surface area contributed by atoms with Crippen molar-refractivity contribution in [2.24, 2.45) is 0 Å². The third kappa shape index (κ3) is 4.74. The molecule has 0 bridgehead atoms. The number of amides is 1. The van der Waals surface area contributed by atoms with Crippen LogP contribution in [0.1, 0.15) is 27.7 Å². The highest BCUT2D eigenvalue weighted by Gasteiger charge is 2.13. The van der Waals surface area contributed by atoms with E-state index in [1.165, 1.54) is 16.9 Å². The Balaban J connectivity index is 1.66. The molecule has 1 heterocycles. The van der Waals surface area contributed by atoms with E-state index < -0.39 is 0 Å². The lowest BCUT2D eigenvalue weighted by molar-refractivity contribution is 0.0977. The van der Waals surface area contributed by atoms with Crippen molar-refractivity contribution in [2.45, 2.75) is 20.3 Å². The molecule has 28 heavy (non-hydrogen) atoms. The third-order valence-corrected chi connectivity index (χ3v) is 5.32. The molecule has 0 radical (unpaired) electrons. The molecule has 2 N–H and O–H groups in total. The topological polar surface area (TPSA) is 63.2 Å². The number of nitrogens with zero attached hydrogens (tertiary/aromatic N) is 1. The maximum absolute atomic E-state index is 12.3. The Kier molecular flexibility index (Phi) is 6.38. The summed E-state index contributed by atoms with van der Waals surface area (Å²) in [6.45, 7) is 4.15. The Morgan fingerprint density at radius 1 is 1.14 bits per heavy atom. The van der Waals surface area contributed by atoms with E-state index in [9.17, 15) is 4.79 Å². The number of thiocarbonyl (C=S) groups is 1. The van der Waals surface area contributed by atoms with Gasteiger partial charge in [0.1, 0.15) is 5.75 Å². The second kappa shape index (κ2) is 8.95. The average molecular weight is 412 g/mol. The summed E-state index contributed by atoms with van der Waals surface area (Å²) >= 11 is 6.76. The summed E-state index contributed by atoms with van der Waals surface area (Å²) in [5.74, 6) is 0.402. The van der Waals surface area contributed by atoms with Crippen LogP contribution in [0.4, 0.5) is 5.13 Å². The molecule has 0 saturated carbocycles. The van der Waals surface area contributed by atoms with Crippen LogP contribution in [0, 0.1) is 6.92 Å². The summed E-state index contributed by atoms with van der Waals surface area (Å²) in [7, 11) is 1.58. The molecule has 5 nitrogen and oxygen atoms in total. The number of aromatic nitrogens is 1. The number of ether oxygens (including phenoxy) is 1. The van der Waals surface area contributed by atoms with Crippen LogP contribution >= 0.6 is 23.6 Å². The zero-order chi connectivity index (χ0) is 20.1. The van der Waals surface area contributed by atoms with Crippen molar-refractivity contribution in [2.75, 3.05) is 12.4 Å². The number of hydrogen-bond acceptors (Lipinski definition) is 5. The lowest BCUT2D eigenvalue weighted by atomic mass is 10.1. The highest BCUT2D eigenvalue weighted by molar-refractivity contribution is 7.80. The standard InChI is InChI=1S/C21H21N3O2S2/c1-4-14-5-7-15(8-6-14)18-13(2)28-21(22-18)24-20(27)23-19(25)16-9-11-17(26-3)12-10-16/h5-12H,4H2,1-3H3,(H2,22,23,24,25,27). The molecule has 0 aliphatic carbocycles. The molecule has 0 unspecified atom stereocenters. The molecule has 0 aliphatic rings. The van der Waals surface area contributed by atoms with Gasteiger partial charge in [-0.2, -0.15) is 0 Å². The number of thiazole rings is 1. The number of anilines is 1. The smallest absolute Gasteiger partial charge is 0.257 e. The van der Waals surface area contributed by atoms with Crippen LogP contribution in [0.15, 0.2) is 48.5 Å². The summed E-state index contributed by atoms with van der Waals surface area (Å²) in [5.41, 5.74) is 3.76. The van der Waals surface area contributed by atoms with E-state index in [1.54, 1.807) is 31.4 Å². The molecule has 0 spiro atoms. The minimum absolute atomic E-state index is 0.211. The largest absolute Gasteiger partial charge is 0.497 e. The van der Waals surface area contributed by atoms with Crippen molar-refractivity contribution in [3.05, 3.63) is 64.5 Å². The number of aryl methyl sites for hydroxylation is 2. The summed E-state index contributed by atoms with van der Waals surface area (Å²) in [6, 6.07) is 15.2. The minimum Gasteiger partial charge on any atom is -0.497 e. The molecule has 144 valence electrons. The normalized spacial score (nSPS) is 10.4. The van der Waals surface area contributed by atoms with Gasteiger partial charge in [0, 0.05) is 16.0 Å². The van der Waals surface area contributed by atoms with E-state index in [4.69, 9.17) is 17.0 Å².